The molecule has 1 aromatic rings. The Hall–Kier alpha value is -0.620. The van der Waals surface area contributed by atoms with E-state index in [9.17, 15) is 13.2 Å². The molecule has 13 heavy (non-hydrogen) atoms. The van der Waals surface area contributed by atoms with Gasteiger partial charge in [0.1, 0.15) is 0 Å². The van der Waals surface area contributed by atoms with E-state index in [4.69, 9.17) is 5.73 Å². The summed E-state index contributed by atoms with van der Waals surface area (Å²) in [5.41, 5.74) is 4.83. The molecule has 0 saturated heterocycles. The molecule has 1 heterocycles. The fourth-order valence-electron chi connectivity index (χ4n) is 0.833. The third-order valence-corrected chi connectivity index (χ3v) is 2.23. The van der Waals surface area contributed by atoms with Crippen molar-refractivity contribution in [1.82, 2.24) is 4.98 Å². The first-order valence-corrected chi connectivity index (χ1v) is 4.18. The maximum atomic E-state index is 12.8. The highest BCUT2D eigenvalue weighted by Gasteiger charge is 2.16. The Kier molecular flexibility index (Phi) is 3.27. The van der Waals surface area contributed by atoms with Crippen LogP contribution in [0.1, 0.15) is 17.7 Å². The molecule has 0 amide bonds. The highest BCUT2D eigenvalue weighted by atomic mass is 79.9. The van der Waals surface area contributed by atoms with E-state index in [1.807, 2.05) is 0 Å². The van der Waals surface area contributed by atoms with Gasteiger partial charge in [0.25, 0.3) is 6.43 Å². The summed E-state index contributed by atoms with van der Waals surface area (Å²) in [6, 6.07) is 1.08. The predicted octanol–water partition coefficient (Wildman–Crippen LogP) is 2.38. The van der Waals surface area contributed by atoms with E-state index in [1.165, 1.54) is 0 Å². The van der Waals surface area contributed by atoms with Crippen LogP contribution in [-0.4, -0.2) is 4.98 Å². The molecule has 1 aromatic heterocycles. The topological polar surface area (TPSA) is 38.9 Å². The number of halogens is 4. The van der Waals surface area contributed by atoms with Gasteiger partial charge in [0.05, 0.1) is 10.2 Å². The Bertz CT molecular complexity index is 317. The molecule has 0 atom stereocenters. The number of pyridine rings is 1. The average molecular weight is 255 g/mol. The Labute approximate surface area is 81.1 Å². The molecule has 2 nitrogen and oxygen atoms in total. The molecular formula is C7H6BrF3N2. The molecule has 0 aliphatic heterocycles. The van der Waals surface area contributed by atoms with E-state index in [2.05, 4.69) is 20.9 Å². The van der Waals surface area contributed by atoms with Crippen LogP contribution in [0, 0.1) is 5.95 Å². The Morgan fingerprint density at radius 1 is 1.54 bits per heavy atom. The molecule has 0 spiro atoms. The van der Waals surface area contributed by atoms with Crippen LogP contribution in [0.3, 0.4) is 0 Å². The minimum Gasteiger partial charge on any atom is -0.325 e. The van der Waals surface area contributed by atoms with Gasteiger partial charge in [-0.15, -0.1) is 0 Å². The van der Waals surface area contributed by atoms with Gasteiger partial charge in [0, 0.05) is 12.1 Å². The largest absolute Gasteiger partial charge is 0.325 e. The second kappa shape index (κ2) is 4.06. The molecule has 1 rings (SSSR count). The fraction of sp³-hybridized carbons (Fsp3) is 0.286. The van der Waals surface area contributed by atoms with E-state index < -0.39 is 17.9 Å². The smallest absolute Gasteiger partial charge is 0.265 e. The summed E-state index contributed by atoms with van der Waals surface area (Å²) in [7, 11) is 0. The van der Waals surface area contributed by atoms with Crippen molar-refractivity contribution in [3.8, 4) is 0 Å². The Balaban J connectivity index is 3.25. The number of alkyl halides is 2. The number of hydrogen-bond acceptors (Lipinski definition) is 2. The van der Waals surface area contributed by atoms with Crippen LogP contribution in [0.5, 0.6) is 0 Å². The quantitative estimate of drug-likeness (QED) is 0.824. The lowest BCUT2D eigenvalue weighted by molar-refractivity contribution is 0.149. The normalized spacial score (nSPS) is 10.9. The van der Waals surface area contributed by atoms with Gasteiger partial charge in [-0.1, -0.05) is 0 Å². The van der Waals surface area contributed by atoms with E-state index in [1.54, 1.807) is 0 Å². The minimum atomic E-state index is -2.74. The van der Waals surface area contributed by atoms with Crippen LogP contribution < -0.4 is 5.73 Å². The van der Waals surface area contributed by atoms with Gasteiger partial charge >= 0.3 is 0 Å². The molecule has 0 saturated carbocycles. The first-order chi connectivity index (χ1) is 6.06. The molecule has 0 fully saturated rings. The zero-order valence-electron chi connectivity index (χ0n) is 6.40. The van der Waals surface area contributed by atoms with E-state index in [0.29, 0.717) is 0 Å². The third kappa shape index (κ3) is 2.19. The summed E-state index contributed by atoms with van der Waals surface area (Å²) in [6.45, 7) is -0.0656. The van der Waals surface area contributed by atoms with Crippen molar-refractivity contribution in [2.75, 3.05) is 0 Å². The van der Waals surface area contributed by atoms with Crippen LogP contribution in [0.25, 0.3) is 0 Å². The average Bonchev–Trinajstić information content (AvgIpc) is 2.09. The summed E-state index contributed by atoms with van der Waals surface area (Å²) in [5, 5.41) is 0. The maximum absolute atomic E-state index is 12.8. The second-order valence-electron chi connectivity index (χ2n) is 2.31. The van der Waals surface area contributed by atoms with Gasteiger partial charge in [0.15, 0.2) is 0 Å². The summed E-state index contributed by atoms with van der Waals surface area (Å²) >= 11 is 2.69. The molecule has 0 aliphatic carbocycles. The van der Waals surface area contributed by atoms with Crippen LogP contribution in [0.15, 0.2) is 10.5 Å². The molecule has 6 heteroatoms. The fourth-order valence-corrected chi connectivity index (χ4v) is 1.21. The highest BCUT2D eigenvalue weighted by Crippen LogP contribution is 2.29. The van der Waals surface area contributed by atoms with Gasteiger partial charge in [-0.2, -0.15) is 4.39 Å². The van der Waals surface area contributed by atoms with Gasteiger partial charge < -0.3 is 5.73 Å². The van der Waals surface area contributed by atoms with Gasteiger partial charge in [-0.05, 0) is 22.0 Å². The van der Waals surface area contributed by atoms with E-state index in [0.717, 1.165) is 6.07 Å². The highest BCUT2D eigenvalue weighted by molar-refractivity contribution is 9.10. The standard InChI is InChI=1S/C7H6BrF3N2/c8-5-4(6(9)10)1-3(2-12)13-7(5)11/h1,6H,2,12H2. The minimum absolute atomic E-state index is 0.0656. The van der Waals surface area contributed by atoms with Crippen LogP contribution in [0.2, 0.25) is 0 Å². The van der Waals surface area contributed by atoms with Crippen molar-refractivity contribution < 1.29 is 13.2 Å². The number of rotatable bonds is 2. The molecule has 2 N–H and O–H groups in total. The van der Waals surface area contributed by atoms with Crippen molar-refractivity contribution >= 4 is 15.9 Å². The molecular weight excluding hydrogens is 249 g/mol. The second-order valence-corrected chi connectivity index (χ2v) is 3.11. The predicted molar refractivity (Wildman–Crippen MR) is 44.7 cm³/mol. The molecule has 0 aromatic carbocycles. The summed E-state index contributed by atoms with van der Waals surface area (Å²) in [5.74, 6) is -0.960. The van der Waals surface area contributed by atoms with Gasteiger partial charge in [-0.3, -0.25) is 0 Å². The van der Waals surface area contributed by atoms with Crippen molar-refractivity contribution in [3.63, 3.8) is 0 Å². The SMILES string of the molecule is NCc1cc(C(F)F)c(Br)c(F)n1. The van der Waals surface area contributed by atoms with E-state index in [-0.39, 0.29) is 16.7 Å². The molecule has 0 unspecified atom stereocenters. The Morgan fingerprint density at radius 3 is 2.62 bits per heavy atom. The van der Waals surface area contributed by atoms with Crippen molar-refractivity contribution in [2.24, 2.45) is 5.73 Å². The lowest BCUT2D eigenvalue weighted by Gasteiger charge is -2.05. The number of hydrogen-bond donors (Lipinski definition) is 1. The molecule has 0 aliphatic rings. The van der Waals surface area contributed by atoms with Crippen LogP contribution in [0.4, 0.5) is 13.2 Å². The van der Waals surface area contributed by atoms with Gasteiger partial charge in [-0.25, -0.2) is 13.8 Å². The summed E-state index contributed by atoms with van der Waals surface area (Å²) in [4.78, 5) is 3.36. The summed E-state index contributed by atoms with van der Waals surface area (Å²) in [6.07, 6.45) is -2.74. The third-order valence-electron chi connectivity index (χ3n) is 1.44. The molecule has 0 bridgehead atoms. The van der Waals surface area contributed by atoms with Crippen LogP contribution in [-0.2, 0) is 6.54 Å². The van der Waals surface area contributed by atoms with Crippen molar-refractivity contribution in [3.05, 3.63) is 27.7 Å². The zero-order valence-corrected chi connectivity index (χ0v) is 7.98. The maximum Gasteiger partial charge on any atom is 0.265 e. The summed E-state index contributed by atoms with van der Waals surface area (Å²) < 4.78 is 37.1. The van der Waals surface area contributed by atoms with Crippen LogP contribution >= 0.6 is 15.9 Å². The molecule has 0 radical (unpaired) electrons. The zero-order chi connectivity index (χ0) is 10.0. The Morgan fingerprint density at radius 2 is 2.15 bits per heavy atom. The van der Waals surface area contributed by atoms with Crippen molar-refractivity contribution in [2.45, 2.75) is 13.0 Å². The lowest BCUT2D eigenvalue weighted by Crippen LogP contribution is -2.04. The number of nitrogens with zero attached hydrogens (tertiary/aromatic N) is 1. The first kappa shape index (κ1) is 10.5. The lowest BCUT2D eigenvalue weighted by atomic mass is 10.2. The number of nitrogens with two attached hydrogens (primary N) is 1. The van der Waals surface area contributed by atoms with E-state index >= 15 is 0 Å². The number of aromatic nitrogens is 1. The molecule has 72 valence electrons. The monoisotopic (exact) mass is 254 g/mol. The first-order valence-electron chi connectivity index (χ1n) is 3.39. The van der Waals surface area contributed by atoms with Gasteiger partial charge in [0.2, 0.25) is 5.95 Å². The van der Waals surface area contributed by atoms with Crippen molar-refractivity contribution in [1.29, 1.82) is 0 Å².